The topological polar surface area (TPSA) is 92.8 Å². The molecule has 0 radical (unpaired) electrons. The van der Waals surface area contributed by atoms with Crippen LogP contribution in [0.2, 0.25) is 0 Å². The highest BCUT2D eigenvalue weighted by atomic mass is 35.5. The van der Waals surface area contributed by atoms with E-state index >= 15 is 0 Å². The predicted octanol–water partition coefficient (Wildman–Crippen LogP) is 1.98. The molecule has 0 aromatic heterocycles. The monoisotopic (exact) mass is 316 g/mol. The molecule has 0 aromatic carbocycles. The van der Waals surface area contributed by atoms with E-state index < -0.39 is 15.0 Å². The minimum absolute atomic E-state index is 0.291. The maximum absolute atomic E-state index is 11.4. The van der Waals surface area contributed by atoms with Gasteiger partial charge >= 0.3 is 10.9 Å². The lowest BCUT2D eigenvalue weighted by Crippen LogP contribution is -2.34. The second-order valence-electron chi connectivity index (χ2n) is 5.08. The van der Waals surface area contributed by atoms with Crippen molar-refractivity contribution in [2.75, 3.05) is 26.2 Å². The Kier molecular flexibility index (Phi) is 5.00. The van der Waals surface area contributed by atoms with Gasteiger partial charge in [0.15, 0.2) is 5.82 Å². The summed E-state index contributed by atoms with van der Waals surface area (Å²) < 4.78 is 0. The second-order valence-corrected chi connectivity index (χ2v) is 5.47. The van der Waals surface area contributed by atoms with Crippen LogP contribution in [0.1, 0.15) is 25.7 Å². The van der Waals surface area contributed by atoms with Crippen molar-refractivity contribution in [3.8, 4) is 0 Å². The Morgan fingerprint density at radius 3 is 1.67 bits per heavy atom. The van der Waals surface area contributed by atoms with Gasteiger partial charge in [0, 0.05) is 26.2 Å². The van der Waals surface area contributed by atoms with Crippen LogP contribution in [0.5, 0.6) is 0 Å². The number of likely N-dealkylation sites (tertiary alicyclic amines) is 2. The van der Waals surface area contributed by atoms with E-state index in [9.17, 15) is 20.2 Å². The third kappa shape index (κ3) is 3.63. The van der Waals surface area contributed by atoms with E-state index in [-0.39, 0.29) is 5.70 Å². The van der Waals surface area contributed by atoms with E-state index in [0.717, 1.165) is 57.9 Å². The van der Waals surface area contributed by atoms with E-state index in [1.54, 1.807) is 0 Å². The van der Waals surface area contributed by atoms with Crippen molar-refractivity contribution >= 4 is 11.6 Å². The molecule has 116 valence electrons. The molecule has 0 aliphatic carbocycles. The van der Waals surface area contributed by atoms with Crippen molar-refractivity contribution < 1.29 is 9.85 Å². The van der Waals surface area contributed by atoms with E-state index in [2.05, 4.69) is 0 Å². The maximum Gasteiger partial charge on any atom is 0.344 e. The third-order valence-corrected chi connectivity index (χ3v) is 3.91. The fraction of sp³-hybridized carbons (Fsp3) is 0.667. The molecular formula is C12H17ClN4O4. The van der Waals surface area contributed by atoms with Gasteiger partial charge in [-0.3, -0.25) is 20.2 Å². The molecule has 0 atom stereocenters. The number of hydrogen-bond donors (Lipinski definition) is 0. The van der Waals surface area contributed by atoms with E-state index in [0.29, 0.717) is 5.82 Å². The fourth-order valence-electron chi connectivity index (χ4n) is 2.75. The lowest BCUT2D eigenvalue weighted by Gasteiger charge is -2.29. The van der Waals surface area contributed by atoms with Crippen LogP contribution in [-0.2, 0) is 0 Å². The minimum atomic E-state index is -0.823. The van der Waals surface area contributed by atoms with Gasteiger partial charge < -0.3 is 9.80 Å². The summed E-state index contributed by atoms with van der Waals surface area (Å²) in [6, 6.07) is 0. The fourth-order valence-corrected chi connectivity index (χ4v) is 2.85. The molecule has 2 heterocycles. The summed E-state index contributed by atoms with van der Waals surface area (Å²) >= 11 is 5.50. The van der Waals surface area contributed by atoms with Gasteiger partial charge in [0.25, 0.3) is 0 Å². The summed E-state index contributed by atoms with van der Waals surface area (Å²) in [7, 11) is 0. The van der Waals surface area contributed by atoms with E-state index in [1.807, 2.05) is 9.80 Å². The van der Waals surface area contributed by atoms with Gasteiger partial charge in [-0.15, -0.1) is 0 Å². The molecule has 8 nitrogen and oxygen atoms in total. The molecule has 2 saturated heterocycles. The zero-order chi connectivity index (χ0) is 15.4. The second kappa shape index (κ2) is 6.75. The highest BCUT2D eigenvalue weighted by molar-refractivity contribution is 6.28. The van der Waals surface area contributed by atoms with Crippen LogP contribution in [-0.4, -0.2) is 45.8 Å². The first kappa shape index (κ1) is 15.6. The van der Waals surface area contributed by atoms with Crippen LogP contribution >= 0.6 is 11.6 Å². The Balaban J connectivity index is 2.46. The Morgan fingerprint density at radius 2 is 1.33 bits per heavy atom. The Bertz CT molecular complexity index is 475. The summed E-state index contributed by atoms with van der Waals surface area (Å²) in [5.41, 5.74) is -0.291. The zero-order valence-electron chi connectivity index (χ0n) is 11.5. The Hall–Kier alpha value is -1.83. The number of nitrogens with zero attached hydrogens (tertiary/aromatic N) is 4. The van der Waals surface area contributed by atoms with Crippen LogP contribution in [0, 0.1) is 20.2 Å². The van der Waals surface area contributed by atoms with Crippen molar-refractivity contribution in [3.63, 3.8) is 0 Å². The lowest BCUT2D eigenvalue weighted by molar-refractivity contribution is -0.430. The van der Waals surface area contributed by atoms with Crippen LogP contribution < -0.4 is 0 Å². The number of halogens is 1. The smallest absolute Gasteiger partial charge is 0.344 e. The standard InChI is InChI=1S/C12H17ClN4O4/c13-11(17(20)21)9-10(16(18)19)12(14-5-1-2-6-14)15-7-3-4-8-15/h9H,1-8H2. The molecule has 2 rings (SSSR count). The van der Waals surface area contributed by atoms with Gasteiger partial charge in [0.2, 0.25) is 0 Å². The molecule has 9 heteroatoms. The molecule has 0 amide bonds. The number of rotatable bonds is 5. The highest BCUT2D eigenvalue weighted by Gasteiger charge is 2.32. The van der Waals surface area contributed by atoms with Crippen molar-refractivity contribution in [3.05, 3.63) is 43.0 Å². The number of nitro groups is 2. The van der Waals surface area contributed by atoms with Crippen LogP contribution in [0.4, 0.5) is 0 Å². The number of hydrogen-bond acceptors (Lipinski definition) is 6. The molecule has 0 aromatic rings. The Morgan fingerprint density at radius 1 is 0.905 bits per heavy atom. The van der Waals surface area contributed by atoms with Crippen LogP contribution in [0.3, 0.4) is 0 Å². The van der Waals surface area contributed by atoms with Gasteiger partial charge in [-0.05, 0) is 37.3 Å². The molecule has 0 unspecified atom stereocenters. The van der Waals surface area contributed by atoms with Gasteiger partial charge in [0.05, 0.1) is 9.85 Å². The first-order chi connectivity index (χ1) is 10.0. The van der Waals surface area contributed by atoms with Crippen molar-refractivity contribution in [2.24, 2.45) is 0 Å². The molecule has 0 spiro atoms. The molecule has 2 aliphatic rings. The predicted molar refractivity (Wildman–Crippen MR) is 76.6 cm³/mol. The normalized spacial score (nSPS) is 19.0. The van der Waals surface area contributed by atoms with Crippen molar-refractivity contribution in [1.82, 2.24) is 9.80 Å². The molecule has 2 aliphatic heterocycles. The van der Waals surface area contributed by atoms with E-state index in [1.165, 1.54) is 0 Å². The molecule has 21 heavy (non-hydrogen) atoms. The van der Waals surface area contributed by atoms with Gasteiger partial charge in [-0.2, -0.15) is 0 Å². The average molecular weight is 317 g/mol. The summed E-state index contributed by atoms with van der Waals surface area (Å²) in [5.74, 6) is 0.468. The van der Waals surface area contributed by atoms with Gasteiger partial charge in [-0.25, -0.2) is 0 Å². The van der Waals surface area contributed by atoms with Crippen molar-refractivity contribution in [1.29, 1.82) is 0 Å². The lowest BCUT2D eigenvalue weighted by atomic mass is 10.3. The quantitative estimate of drug-likeness (QED) is 0.333. The number of allylic oxidation sites excluding steroid dienone is 1. The Labute approximate surface area is 126 Å². The third-order valence-electron chi connectivity index (χ3n) is 3.67. The van der Waals surface area contributed by atoms with Gasteiger partial charge in [0.1, 0.15) is 6.08 Å². The zero-order valence-corrected chi connectivity index (χ0v) is 12.3. The molecule has 0 saturated carbocycles. The maximum atomic E-state index is 11.4. The average Bonchev–Trinajstić information content (AvgIpc) is 3.10. The first-order valence-electron chi connectivity index (χ1n) is 6.91. The molecule has 2 fully saturated rings. The minimum Gasteiger partial charge on any atom is -0.353 e. The highest BCUT2D eigenvalue weighted by Crippen LogP contribution is 2.26. The largest absolute Gasteiger partial charge is 0.353 e. The molecule has 0 N–H and O–H groups in total. The summed E-state index contributed by atoms with van der Waals surface area (Å²) in [6.07, 6.45) is 4.72. The van der Waals surface area contributed by atoms with Gasteiger partial charge in [-0.1, -0.05) is 0 Å². The van der Waals surface area contributed by atoms with Crippen LogP contribution in [0.15, 0.2) is 22.8 Å². The van der Waals surface area contributed by atoms with E-state index in [4.69, 9.17) is 11.6 Å². The first-order valence-corrected chi connectivity index (χ1v) is 7.28. The van der Waals surface area contributed by atoms with Crippen LogP contribution in [0.25, 0.3) is 0 Å². The summed E-state index contributed by atoms with van der Waals surface area (Å²) in [5, 5.41) is 21.3. The molecular weight excluding hydrogens is 300 g/mol. The SMILES string of the molecule is O=[N+]([O-])C(Cl)=CC(=C(N1CCCC1)N1CCCC1)[N+](=O)[O-]. The van der Waals surface area contributed by atoms with Crippen molar-refractivity contribution in [2.45, 2.75) is 25.7 Å². The summed E-state index contributed by atoms with van der Waals surface area (Å²) in [4.78, 5) is 24.5. The summed E-state index contributed by atoms with van der Waals surface area (Å²) in [6.45, 7) is 2.92. The molecule has 0 bridgehead atoms.